The van der Waals surface area contributed by atoms with Crippen molar-refractivity contribution in [2.24, 2.45) is 0 Å². The Morgan fingerprint density at radius 1 is 1.10 bits per heavy atom. The van der Waals surface area contributed by atoms with E-state index >= 15 is 0 Å². The van der Waals surface area contributed by atoms with Crippen LogP contribution in [0.15, 0.2) is 40.9 Å². The number of pyridine rings is 1. The quantitative estimate of drug-likeness (QED) is 0.627. The van der Waals surface area contributed by atoms with E-state index in [9.17, 15) is 4.79 Å². The predicted octanol–water partition coefficient (Wildman–Crippen LogP) is 3.60. The van der Waals surface area contributed by atoms with E-state index < -0.39 is 5.91 Å². The van der Waals surface area contributed by atoms with E-state index in [-0.39, 0.29) is 11.9 Å². The molecule has 1 fully saturated rings. The SMILES string of the molecule is O=C(Nc1cnc(N2CCOCC2)c(Cl)c1)c1nnc(Nc2cccc(Cl)c2)o1. The van der Waals surface area contributed by atoms with Gasteiger partial charge in [-0.2, -0.15) is 0 Å². The summed E-state index contributed by atoms with van der Waals surface area (Å²) in [5, 5.41) is 14.1. The van der Waals surface area contributed by atoms with E-state index in [1.807, 2.05) is 4.90 Å². The summed E-state index contributed by atoms with van der Waals surface area (Å²) in [4.78, 5) is 18.8. The molecule has 11 heteroatoms. The van der Waals surface area contributed by atoms with Crippen molar-refractivity contribution in [3.8, 4) is 0 Å². The van der Waals surface area contributed by atoms with Crippen LogP contribution in [0.4, 0.5) is 23.2 Å². The zero-order chi connectivity index (χ0) is 20.2. The fourth-order valence-electron chi connectivity index (χ4n) is 2.75. The number of benzene rings is 1. The second kappa shape index (κ2) is 8.64. The van der Waals surface area contributed by atoms with Crippen molar-refractivity contribution in [2.75, 3.05) is 41.8 Å². The first-order valence-electron chi connectivity index (χ1n) is 8.74. The van der Waals surface area contributed by atoms with E-state index in [0.717, 1.165) is 0 Å². The highest BCUT2D eigenvalue weighted by atomic mass is 35.5. The monoisotopic (exact) mass is 434 g/mol. The number of halogens is 2. The fraction of sp³-hybridized carbons (Fsp3) is 0.222. The maximum Gasteiger partial charge on any atom is 0.320 e. The molecule has 2 N–H and O–H groups in total. The summed E-state index contributed by atoms with van der Waals surface area (Å²) in [7, 11) is 0. The van der Waals surface area contributed by atoms with Crippen LogP contribution in [0.3, 0.4) is 0 Å². The normalized spacial score (nSPS) is 13.9. The summed E-state index contributed by atoms with van der Waals surface area (Å²) in [6.45, 7) is 2.67. The number of hydrogen-bond donors (Lipinski definition) is 2. The molecule has 4 rings (SSSR count). The van der Waals surface area contributed by atoms with Crippen LogP contribution in [0.25, 0.3) is 0 Å². The molecule has 1 aliphatic heterocycles. The third-order valence-electron chi connectivity index (χ3n) is 4.09. The van der Waals surface area contributed by atoms with Gasteiger partial charge >= 0.3 is 17.8 Å². The largest absolute Gasteiger partial charge is 0.399 e. The van der Waals surface area contributed by atoms with Crippen LogP contribution < -0.4 is 15.5 Å². The highest BCUT2D eigenvalue weighted by Crippen LogP contribution is 2.27. The first-order chi connectivity index (χ1) is 14.1. The average Bonchev–Trinajstić information content (AvgIpc) is 3.17. The number of nitrogens with one attached hydrogen (secondary N) is 2. The number of ether oxygens (including phenoxy) is 1. The number of aromatic nitrogens is 3. The maximum absolute atomic E-state index is 12.4. The lowest BCUT2D eigenvalue weighted by molar-refractivity contribution is 0.0991. The zero-order valence-corrected chi connectivity index (χ0v) is 16.6. The number of carbonyl (C=O) groups is 1. The molecule has 9 nitrogen and oxygen atoms in total. The first-order valence-corrected chi connectivity index (χ1v) is 9.50. The molecule has 0 unspecified atom stereocenters. The lowest BCUT2D eigenvalue weighted by atomic mass is 10.3. The summed E-state index contributed by atoms with van der Waals surface area (Å²) in [6, 6.07) is 8.67. The number of rotatable bonds is 5. The second-order valence-electron chi connectivity index (χ2n) is 6.13. The van der Waals surface area contributed by atoms with Gasteiger partial charge in [0.05, 0.1) is 30.1 Å². The Morgan fingerprint density at radius 2 is 1.93 bits per heavy atom. The van der Waals surface area contributed by atoms with E-state index in [4.69, 9.17) is 32.4 Å². The number of nitrogens with zero attached hydrogens (tertiary/aromatic N) is 4. The topological polar surface area (TPSA) is 105 Å². The Labute approximate surface area is 176 Å². The predicted molar refractivity (Wildman–Crippen MR) is 109 cm³/mol. The minimum absolute atomic E-state index is 0.0660. The van der Waals surface area contributed by atoms with Gasteiger partial charge in [0.15, 0.2) is 0 Å². The van der Waals surface area contributed by atoms with Crippen molar-refractivity contribution in [1.29, 1.82) is 0 Å². The van der Waals surface area contributed by atoms with Crippen molar-refractivity contribution >= 4 is 52.3 Å². The maximum atomic E-state index is 12.4. The molecule has 0 saturated carbocycles. The fourth-order valence-corrected chi connectivity index (χ4v) is 3.22. The molecule has 0 aliphatic carbocycles. The summed E-state index contributed by atoms with van der Waals surface area (Å²) in [5.41, 5.74) is 1.07. The van der Waals surface area contributed by atoms with Crippen LogP contribution in [-0.4, -0.2) is 47.4 Å². The van der Waals surface area contributed by atoms with E-state index in [1.165, 1.54) is 6.20 Å². The van der Waals surface area contributed by atoms with Crippen molar-refractivity contribution in [1.82, 2.24) is 15.2 Å². The Kier molecular flexibility index (Phi) is 5.79. The zero-order valence-electron chi connectivity index (χ0n) is 15.1. The van der Waals surface area contributed by atoms with Gasteiger partial charge in [-0.05, 0) is 24.3 Å². The van der Waals surface area contributed by atoms with Crippen LogP contribution in [0.1, 0.15) is 10.7 Å². The van der Waals surface area contributed by atoms with Crippen LogP contribution >= 0.6 is 23.2 Å². The van der Waals surface area contributed by atoms with Gasteiger partial charge in [-0.25, -0.2) is 4.98 Å². The Morgan fingerprint density at radius 3 is 2.69 bits per heavy atom. The number of anilines is 4. The van der Waals surface area contributed by atoms with Crippen molar-refractivity contribution in [3.63, 3.8) is 0 Å². The molecule has 0 atom stereocenters. The van der Waals surface area contributed by atoms with Gasteiger partial charge in [-0.3, -0.25) is 4.79 Å². The molecular weight excluding hydrogens is 419 g/mol. The lowest BCUT2D eigenvalue weighted by Gasteiger charge is -2.28. The van der Waals surface area contributed by atoms with Crippen LogP contribution in [0, 0.1) is 0 Å². The molecule has 150 valence electrons. The van der Waals surface area contributed by atoms with E-state index in [1.54, 1.807) is 30.3 Å². The Bertz CT molecular complexity index is 1020. The lowest BCUT2D eigenvalue weighted by Crippen LogP contribution is -2.36. The molecule has 0 radical (unpaired) electrons. The summed E-state index contributed by atoms with van der Waals surface area (Å²) in [6.07, 6.45) is 1.52. The minimum atomic E-state index is -0.575. The highest BCUT2D eigenvalue weighted by molar-refractivity contribution is 6.33. The highest BCUT2D eigenvalue weighted by Gasteiger charge is 2.18. The molecule has 3 heterocycles. The van der Waals surface area contributed by atoms with E-state index in [2.05, 4.69) is 25.8 Å². The standard InChI is InChI=1S/C18H16Cl2N6O3/c19-11-2-1-3-12(8-11)23-18-25-24-17(29-18)16(27)22-13-9-14(20)15(21-10-13)26-4-6-28-7-5-26/h1-3,8-10H,4-7H2,(H,22,27)(H,23,25). The molecule has 0 bridgehead atoms. The van der Waals surface area contributed by atoms with Gasteiger partial charge in [0.2, 0.25) is 0 Å². The van der Waals surface area contributed by atoms with Crippen molar-refractivity contribution in [2.45, 2.75) is 0 Å². The number of morpholine rings is 1. The summed E-state index contributed by atoms with van der Waals surface area (Å²) < 4.78 is 10.7. The number of hydrogen-bond acceptors (Lipinski definition) is 8. The molecule has 1 aromatic carbocycles. The summed E-state index contributed by atoms with van der Waals surface area (Å²) in [5.74, 6) is -0.129. The molecule has 1 saturated heterocycles. The van der Waals surface area contributed by atoms with Gasteiger partial charge < -0.3 is 24.7 Å². The minimum Gasteiger partial charge on any atom is -0.399 e. The van der Waals surface area contributed by atoms with Gasteiger partial charge in [0.25, 0.3) is 0 Å². The average molecular weight is 435 g/mol. The molecule has 1 aliphatic rings. The van der Waals surface area contributed by atoms with Crippen molar-refractivity contribution < 1.29 is 13.9 Å². The molecular formula is C18H16Cl2N6O3. The molecule has 0 spiro atoms. The van der Waals surface area contributed by atoms with Gasteiger partial charge in [0, 0.05) is 23.8 Å². The molecule has 29 heavy (non-hydrogen) atoms. The first kappa shape index (κ1) is 19.4. The van der Waals surface area contributed by atoms with Crippen LogP contribution in [0.5, 0.6) is 0 Å². The Hall–Kier alpha value is -2.88. The third kappa shape index (κ3) is 4.76. The van der Waals surface area contributed by atoms with Gasteiger partial charge in [-0.1, -0.05) is 34.4 Å². The number of carbonyl (C=O) groups excluding carboxylic acids is 1. The molecule has 2 aromatic heterocycles. The Balaban J connectivity index is 1.41. The smallest absolute Gasteiger partial charge is 0.320 e. The third-order valence-corrected chi connectivity index (χ3v) is 4.60. The van der Waals surface area contributed by atoms with Gasteiger partial charge in [-0.15, -0.1) is 5.10 Å². The van der Waals surface area contributed by atoms with Crippen LogP contribution in [0.2, 0.25) is 10.0 Å². The van der Waals surface area contributed by atoms with Gasteiger partial charge in [0.1, 0.15) is 5.82 Å². The molecule has 1 amide bonds. The van der Waals surface area contributed by atoms with Crippen LogP contribution in [-0.2, 0) is 4.74 Å². The van der Waals surface area contributed by atoms with E-state index in [0.29, 0.717) is 53.5 Å². The summed E-state index contributed by atoms with van der Waals surface area (Å²) >= 11 is 12.3. The molecule has 3 aromatic rings. The second-order valence-corrected chi connectivity index (χ2v) is 6.97. The van der Waals surface area contributed by atoms with Crippen molar-refractivity contribution in [3.05, 3.63) is 52.5 Å². The number of amides is 1.